The van der Waals surface area contributed by atoms with Crippen molar-refractivity contribution in [2.24, 2.45) is 7.05 Å². The van der Waals surface area contributed by atoms with Crippen molar-refractivity contribution < 1.29 is 4.79 Å². The minimum Gasteiger partial charge on any atom is -0.317 e. The van der Waals surface area contributed by atoms with Gasteiger partial charge < -0.3 is 5.32 Å². The van der Waals surface area contributed by atoms with Crippen molar-refractivity contribution in [2.75, 3.05) is 18.4 Å². The lowest BCUT2D eigenvalue weighted by Gasteiger charge is -2.19. The fourth-order valence-corrected chi connectivity index (χ4v) is 3.61. The third-order valence-corrected chi connectivity index (χ3v) is 4.90. The van der Waals surface area contributed by atoms with E-state index in [4.69, 9.17) is 0 Å². The highest BCUT2D eigenvalue weighted by molar-refractivity contribution is 5.89. The third-order valence-electron chi connectivity index (χ3n) is 4.90. The fraction of sp³-hybridized carbons (Fsp3) is 0.647. The fourth-order valence-electron chi connectivity index (χ4n) is 3.61. The molecule has 1 fully saturated rings. The highest BCUT2D eigenvalue weighted by atomic mass is 35.5. The van der Waals surface area contributed by atoms with Crippen LogP contribution in [0.3, 0.4) is 0 Å². The monoisotopic (exact) mass is 381 g/mol. The molecule has 1 saturated heterocycles. The number of H-pyrrole nitrogens is 1. The second-order valence-corrected chi connectivity index (χ2v) is 6.94. The van der Waals surface area contributed by atoms with Crippen LogP contribution in [0.15, 0.2) is 0 Å². The van der Waals surface area contributed by atoms with Gasteiger partial charge >= 0.3 is 0 Å². The predicted molar refractivity (Wildman–Crippen MR) is 103 cm³/mol. The van der Waals surface area contributed by atoms with E-state index >= 15 is 0 Å². The minimum absolute atomic E-state index is 0. The molecule has 9 heteroatoms. The number of anilines is 1. The van der Waals surface area contributed by atoms with Crippen molar-refractivity contribution in [3.8, 4) is 0 Å². The minimum atomic E-state index is -0.0557. The van der Waals surface area contributed by atoms with E-state index in [1.807, 2.05) is 27.8 Å². The first kappa shape index (κ1) is 20.4. The lowest BCUT2D eigenvalue weighted by molar-refractivity contribution is -0.116. The van der Waals surface area contributed by atoms with Gasteiger partial charge in [0.15, 0.2) is 5.82 Å². The first-order chi connectivity index (χ1) is 12.0. The van der Waals surface area contributed by atoms with Gasteiger partial charge in [-0.15, -0.1) is 12.4 Å². The number of rotatable bonds is 5. The molecule has 0 radical (unpaired) electrons. The zero-order chi connectivity index (χ0) is 18.0. The van der Waals surface area contributed by atoms with Crippen LogP contribution >= 0.6 is 12.4 Å². The Labute approximate surface area is 160 Å². The molecule has 3 rings (SSSR count). The van der Waals surface area contributed by atoms with Crippen LogP contribution < -0.4 is 10.6 Å². The Morgan fingerprint density at radius 1 is 1.35 bits per heavy atom. The lowest BCUT2D eigenvalue weighted by atomic mass is 9.96. The van der Waals surface area contributed by atoms with Crippen LogP contribution in [0, 0.1) is 13.8 Å². The topological polar surface area (TPSA) is 101 Å². The van der Waals surface area contributed by atoms with E-state index in [9.17, 15) is 4.79 Å². The van der Waals surface area contributed by atoms with E-state index in [0.29, 0.717) is 18.3 Å². The Morgan fingerprint density at radius 3 is 2.65 bits per heavy atom. The molecule has 1 aliphatic rings. The zero-order valence-electron chi connectivity index (χ0n) is 15.8. The van der Waals surface area contributed by atoms with Crippen molar-refractivity contribution in [2.45, 2.75) is 51.9 Å². The quantitative estimate of drug-likeness (QED) is 0.736. The first-order valence-electron chi connectivity index (χ1n) is 8.88. The van der Waals surface area contributed by atoms with Crippen molar-refractivity contribution in [3.63, 3.8) is 0 Å². The number of nitrogens with one attached hydrogen (secondary N) is 3. The Kier molecular flexibility index (Phi) is 6.77. The maximum absolute atomic E-state index is 12.4. The van der Waals surface area contributed by atoms with E-state index in [0.717, 1.165) is 48.7 Å². The molecule has 1 unspecified atom stereocenters. The Balaban J connectivity index is 0.00000243. The van der Waals surface area contributed by atoms with Gasteiger partial charge in [0.1, 0.15) is 0 Å². The van der Waals surface area contributed by atoms with E-state index in [2.05, 4.69) is 30.9 Å². The molecule has 3 N–H and O–H groups in total. The number of aromatic nitrogens is 5. The van der Waals surface area contributed by atoms with Crippen LogP contribution in [-0.4, -0.2) is 44.0 Å². The Bertz CT molecular complexity index is 729. The summed E-state index contributed by atoms with van der Waals surface area (Å²) in [4.78, 5) is 17.0. The molecule has 26 heavy (non-hydrogen) atoms. The molecule has 0 aromatic carbocycles. The van der Waals surface area contributed by atoms with Gasteiger partial charge in [-0.1, -0.05) is 6.92 Å². The van der Waals surface area contributed by atoms with Gasteiger partial charge in [0.2, 0.25) is 11.9 Å². The summed E-state index contributed by atoms with van der Waals surface area (Å²) < 4.78 is 1.66. The standard InChI is InChI=1S/C17H27N7O.ClH/c1-10(15-11(2)21-22-12(15)3)9-14(25)19-17-20-16(23-24(17)4)13-5-7-18-8-6-13;/h10,13,18H,5-9H2,1-4H3,(H,21,22)(H,19,20,23,25);1H. The van der Waals surface area contributed by atoms with Crippen molar-refractivity contribution in [1.82, 2.24) is 30.3 Å². The van der Waals surface area contributed by atoms with Gasteiger partial charge in [-0.25, -0.2) is 4.68 Å². The molecular weight excluding hydrogens is 354 g/mol. The number of carbonyl (C=O) groups is 1. The number of aromatic amines is 1. The van der Waals surface area contributed by atoms with Gasteiger partial charge in [-0.05, 0) is 51.3 Å². The van der Waals surface area contributed by atoms with Gasteiger partial charge in [0.25, 0.3) is 0 Å². The number of halogens is 1. The molecule has 1 amide bonds. The van der Waals surface area contributed by atoms with Crippen LogP contribution in [0.4, 0.5) is 5.95 Å². The van der Waals surface area contributed by atoms with Gasteiger partial charge in [0.05, 0.1) is 5.69 Å². The van der Waals surface area contributed by atoms with Crippen molar-refractivity contribution in [1.29, 1.82) is 0 Å². The summed E-state index contributed by atoms with van der Waals surface area (Å²) in [7, 11) is 1.82. The molecule has 1 atom stereocenters. The molecule has 2 aromatic heterocycles. The molecule has 0 bridgehead atoms. The molecule has 0 saturated carbocycles. The summed E-state index contributed by atoms with van der Waals surface area (Å²) in [5.41, 5.74) is 3.08. The van der Waals surface area contributed by atoms with Gasteiger partial charge in [-0.2, -0.15) is 15.2 Å². The normalized spacial score (nSPS) is 16.2. The molecular formula is C17H28ClN7O. The number of hydrogen-bond donors (Lipinski definition) is 3. The Hall–Kier alpha value is -1.93. The average Bonchev–Trinajstić information content (AvgIpc) is 3.11. The van der Waals surface area contributed by atoms with Gasteiger partial charge in [-0.3, -0.25) is 15.2 Å². The lowest BCUT2D eigenvalue weighted by Crippen LogP contribution is -2.27. The number of amides is 1. The maximum Gasteiger partial charge on any atom is 0.227 e. The smallest absolute Gasteiger partial charge is 0.227 e. The van der Waals surface area contributed by atoms with E-state index in [1.54, 1.807) is 4.68 Å². The van der Waals surface area contributed by atoms with Crippen LogP contribution in [0.25, 0.3) is 0 Å². The maximum atomic E-state index is 12.4. The highest BCUT2D eigenvalue weighted by Gasteiger charge is 2.22. The Morgan fingerprint density at radius 2 is 2.04 bits per heavy atom. The van der Waals surface area contributed by atoms with Crippen molar-refractivity contribution in [3.05, 3.63) is 22.8 Å². The largest absolute Gasteiger partial charge is 0.317 e. The summed E-state index contributed by atoms with van der Waals surface area (Å²) in [5, 5.41) is 17.9. The molecule has 8 nitrogen and oxygen atoms in total. The second-order valence-electron chi connectivity index (χ2n) is 6.94. The predicted octanol–water partition coefficient (Wildman–Crippen LogP) is 2.18. The SMILES string of the molecule is Cc1n[nH]c(C)c1C(C)CC(=O)Nc1nc(C2CCNCC2)nn1C.Cl. The number of nitrogens with zero attached hydrogens (tertiary/aromatic N) is 4. The number of aryl methyl sites for hydroxylation is 3. The molecule has 0 aliphatic carbocycles. The van der Waals surface area contributed by atoms with E-state index < -0.39 is 0 Å². The number of hydrogen-bond acceptors (Lipinski definition) is 5. The zero-order valence-corrected chi connectivity index (χ0v) is 16.6. The molecule has 2 aromatic rings. The molecule has 144 valence electrons. The van der Waals surface area contributed by atoms with Crippen LogP contribution in [0.2, 0.25) is 0 Å². The summed E-state index contributed by atoms with van der Waals surface area (Å²) >= 11 is 0. The van der Waals surface area contributed by atoms with Crippen molar-refractivity contribution >= 4 is 24.3 Å². The number of carbonyl (C=O) groups excluding carboxylic acids is 1. The summed E-state index contributed by atoms with van der Waals surface area (Å²) in [6.07, 6.45) is 2.46. The van der Waals surface area contributed by atoms with Crippen LogP contribution in [0.5, 0.6) is 0 Å². The number of piperidine rings is 1. The van der Waals surface area contributed by atoms with Crippen LogP contribution in [-0.2, 0) is 11.8 Å². The molecule has 3 heterocycles. The average molecular weight is 382 g/mol. The first-order valence-corrected chi connectivity index (χ1v) is 8.88. The summed E-state index contributed by atoms with van der Waals surface area (Å²) in [6, 6.07) is 0. The molecule has 0 spiro atoms. The molecule has 1 aliphatic heterocycles. The van der Waals surface area contributed by atoms with E-state index in [1.165, 1.54) is 0 Å². The third kappa shape index (κ3) is 4.42. The highest BCUT2D eigenvalue weighted by Crippen LogP contribution is 2.26. The summed E-state index contributed by atoms with van der Waals surface area (Å²) in [5.74, 6) is 1.75. The van der Waals surface area contributed by atoms with E-state index in [-0.39, 0.29) is 24.2 Å². The summed E-state index contributed by atoms with van der Waals surface area (Å²) in [6.45, 7) is 7.97. The second kappa shape index (κ2) is 8.64. The van der Waals surface area contributed by atoms with Gasteiger partial charge in [0, 0.05) is 25.1 Å². The van der Waals surface area contributed by atoms with Crippen LogP contribution in [0.1, 0.15) is 60.8 Å².